The maximum atomic E-state index is 8.71. The lowest BCUT2D eigenvalue weighted by atomic mass is 9.67. The van der Waals surface area contributed by atoms with Gasteiger partial charge < -0.3 is 5.11 Å². The minimum atomic E-state index is 0.183. The lowest BCUT2D eigenvalue weighted by Crippen LogP contribution is -2.29. The van der Waals surface area contributed by atoms with E-state index < -0.39 is 0 Å². The summed E-state index contributed by atoms with van der Waals surface area (Å²) in [4.78, 5) is 1.44. The van der Waals surface area contributed by atoms with Gasteiger partial charge in [-0.3, -0.25) is 0 Å². The number of aliphatic hydroxyl groups is 1. The van der Waals surface area contributed by atoms with Crippen molar-refractivity contribution < 1.29 is 5.11 Å². The predicted octanol–water partition coefficient (Wildman–Crippen LogP) is 2.85. The molecule has 0 unspecified atom stereocenters. The average molecular weight is 220 g/mol. The molecule has 0 spiro atoms. The van der Waals surface area contributed by atoms with Gasteiger partial charge in [0.15, 0.2) is 0 Å². The summed E-state index contributed by atoms with van der Waals surface area (Å²) in [6.45, 7) is 0.183. The standard InChI is InChI=1S/C13H16OS/c14-9-2-1-6-13(7-4-8-13)11-12-5-3-10-15-12/h3,5,10,14H,2,4,7-9,11H2. The molecule has 0 aromatic carbocycles. The number of rotatable bonds is 3. The third kappa shape index (κ3) is 2.62. The Balaban J connectivity index is 2.00. The summed E-state index contributed by atoms with van der Waals surface area (Å²) in [7, 11) is 0. The maximum absolute atomic E-state index is 8.71. The van der Waals surface area contributed by atoms with Crippen molar-refractivity contribution in [1.82, 2.24) is 0 Å². The van der Waals surface area contributed by atoms with E-state index in [2.05, 4.69) is 29.4 Å². The zero-order valence-electron chi connectivity index (χ0n) is 8.83. The van der Waals surface area contributed by atoms with Crippen molar-refractivity contribution in [1.29, 1.82) is 0 Å². The molecule has 0 aliphatic heterocycles. The van der Waals surface area contributed by atoms with Crippen molar-refractivity contribution in [2.45, 2.75) is 32.1 Å². The molecule has 1 aliphatic carbocycles. The van der Waals surface area contributed by atoms with Crippen molar-refractivity contribution in [2.24, 2.45) is 5.41 Å². The highest BCUT2D eigenvalue weighted by Gasteiger charge is 2.35. The van der Waals surface area contributed by atoms with Gasteiger partial charge in [-0.1, -0.05) is 18.4 Å². The normalized spacial score (nSPS) is 17.7. The van der Waals surface area contributed by atoms with Crippen molar-refractivity contribution >= 4 is 11.3 Å². The van der Waals surface area contributed by atoms with Crippen LogP contribution in [0.4, 0.5) is 0 Å². The first-order chi connectivity index (χ1) is 7.35. The second-order valence-electron chi connectivity index (χ2n) is 4.17. The van der Waals surface area contributed by atoms with Crippen LogP contribution in [0.5, 0.6) is 0 Å². The Morgan fingerprint density at radius 2 is 2.33 bits per heavy atom. The van der Waals surface area contributed by atoms with E-state index in [1.807, 2.05) is 11.3 Å². The van der Waals surface area contributed by atoms with Gasteiger partial charge in [0.2, 0.25) is 0 Å². The van der Waals surface area contributed by atoms with E-state index in [9.17, 15) is 0 Å². The Kier molecular flexibility index (Phi) is 3.45. The van der Waals surface area contributed by atoms with Crippen molar-refractivity contribution in [3.05, 3.63) is 22.4 Å². The highest BCUT2D eigenvalue weighted by atomic mass is 32.1. The largest absolute Gasteiger partial charge is 0.395 e. The van der Waals surface area contributed by atoms with Crippen LogP contribution in [0.1, 0.15) is 30.6 Å². The first kappa shape index (κ1) is 10.7. The molecule has 1 aromatic heterocycles. The molecule has 0 radical (unpaired) electrons. The molecule has 80 valence electrons. The van der Waals surface area contributed by atoms with E-state index in [0.717, 1.165) is 6.42 Å². The van der Waals surface area contributed by atoms with Gasteiger partial charge in [-0.05, 0) is 30.7 Å². The summed E-state index contributed by atoms with van der Waals surface area (Å²) in [6, 6.07) is 4.30. The molecule has 0 saturated heterocycles. The Morgan fingerprint density at radius 3 is 2.87 bits per heavy atom. The fraction of sp³-hybridized carbons (Fsp3) is 0.538. The van der Waals surface area contributed by atoms with E-state index in [0.29, 0.717) is 6.42 Å². The molecule has 1 aromatic rings. The summed E-state index contributed by atoms with van der Waals surface area (Å²) in [5.74, 6) is 6.46. The van der Waals surface area contributed by atoms with Gasteiger partial charge in [-0.25, -0.2) is 0 Å². The Morgan fingerprint density at radius 1 is 1.47 bits per heavy atom. The summed E-state index contributed by atoms with van der Waals surface area (Å²) < 4.78 is 0. The van der Waals surface area contributed by atoms with E-state index in [1.54, 1.807) is 0 Å². The molecule has 1 aliphatic rings. The number of hydrogen-bond donors (Lipinski definition) is 1. The van der Waals surface area contributed by atoms with Gasteiger partial charge >= 0.3 is 0 Å². The average Bonchev–Trinajstić information content (AvgIpc) is 2.66. The van der Waals surface area contributed by atoms with Gasteiger partial charge in [-0.15, -0.1) is 17.3 Å². The molecule has 1 nitrogen and oxygen atoms in total. The van der Waals surface area contributed by atoms with Crippen LogP contribution in [-0.2, 0) is 6.42 Å². The van der Waals surface area contributed by atoms with Gasteiger partial charge in [0, 0.05) is 16.7 Å². The molecule has 1 fully saturated rings. The van der Waals surface area contributed by atoms with Crippen molar-refractivity contribution in [3.63, 3.8) is 0 Å². The lowest BCUT2D eigenvalue weighted by Gasteiger charge is -2.37. The Hall–Kier alpha value is -0.780. The topological polar surface area (TPSA) is 20.2 Å². The van der Waals surface area contributed by atoms with Crippen LogP contribution in [0.25, 0.3) is 0 Å². The third-order valence-corrected chi connectivity index (χ3v) is 3.87. The van der Waals surface area contributed by atoms with Crippen LogP contribution in [0.2, 0.25) is 0 Å². The smallest absolute Gasteiger partial charge is 0.0540 e. The number of aliphatic hydroxyl groups excluding tert-OH is 1. The van der Waals surface area contributed by atoms with Crippen LogP contribution < -0.4 is 0 Å². The fourth-order valence-corrected chi connectivity index (χ4v) is 2.85. The second-order valence-corrected chi connectivity index (χ2v) is 5.20. The van der Waals surface area contributed by atoms with Crippen LogP contribution in [0, 0.1) is 17.3 Å². The molecule has 1 N–H and O–H groups in total. The predicted molar refractivity (Wildman–Crippen MR) is 63.8 cm³/mol. The highest BCUT2D eigenvalue weighted by molar-refractivity contribution is 7.09. The molecule has 1 saturated carbocycles. The highest BCUT2D eigenvalue weighted by Crippen LogP contribution is 2.43. The van der Waals surface area contributed by atoms with Crippen molar-refractivity contribution in [3.8, 4) is 11.8 Å². The zero-order chi connectivity index (χ0) is 10.6. The Labute approximate surface area is 95.1 Å². The molecule has 0 atom stereocenters. The van der Waals surface area contributed by atoms with E-state index in [1.165, 1.54) is 24.1 Å². The Bertz CT molecular complexity index is 352. The summed E-state index contributed by atoms with van der Waals surface area (Å²) in [6.07, 6.45) is 5.47. The van der Waals surface area contributed by atoms with Crippen molar-refractivity contribution in [2.75, 3.05) is 6.61 Å². The second kappa shape index (κ2) is 4.83. The number of hydrogen-bond acceptors (Lipinski definition) is 2. The molecule has 1 heterocycles. The lowest BCUT2D eigenvalue weighted by molar-refractivity contribution is 0.218. The molecule has 15 heavy (non-hydrogen) atoms. The molecule has 2 rings (SSSR count). The molecular formula is C13H16OS. The van der Waals surface area contributed by atoms with Gasteiger partial charge in [-0.2, -0.15) is 0 Å². The van der Waals surface area contributed by atoms with E-state index in [-0.39, 0.29) is 12.0 Å². The molecule has 0 amide bonds. The van der Waals surface area contributed by atoms with E-state index >= 15 is 0 Å². The van der Waals surface area contributed by atoms with Crippen LogP contribution >= 0.6 is 11.3 Å². The van der Waals surface area contributed by atoms with Crippen LogP contribution in [-0.4, -0.2) is 11.7 Å². The van der Waals surface area contributed by atoms with Crippen LogP contribution in [0.15, 0.2) is 17.5 Å². The fourth-order valence-electron chi connectivity index (χ4n) is 2.00. The first-order valence-electron chi connectivity index (χ1n) is 5.48. The first-order valence-corrected chi connectivity index (χ1v) is 6.36. The van der Waals surface area contributed by atoms with E-state index in [4.69, 9.17) is 5.11 Å². The summed E-state index contributed by atoms with van der Waals surface area (Å²) in [5.41, 5.74) is 0.236. The summed E-state index contributed by atoms with van der Waals surface area (Å²) in [5, 5.41) is 10.8. The minimum Gasteiger partial charge on any atom is -0.395 e. The maximum Gasteiger partial charge on any atom is 0.0540 e. The molecular weight excluding hydrogens is 204 g/mol. The van der Waals surface area contributed by atoms with Gasteiger partial charge in [0.05, 0.1) is 6.61 Å². The summed E-state index contributed by atoms with van der Waals surface area (Å²) >= 11 is 1.82. The number of thiophene rings is 1. The zero-order valence-corrected chi connectivity index (χ0v) is 9.65. The molecule has 2 heteroatoms. The molecule has 0 bridgehead atoms. The van der Waals surface area contributed by atoms with Gasteiger partial charge in [0.25, 0.3) is 0 Å². The SMILES string of the molecule is OCCC#CC1(Cc2cccs2)CCC1. The van der Waals surface area contributed by atoms with Gasteiger partial charge in [0.1, 0.15) is 0 Å². The quantitative estimate of drug-likeness (QED) is 0.777. The monoisotopic (exact) mass is 220 g/mol. The van der Waals surface area contributed by atoms with Crippen LogP contribution in [0.3, 0.4) is 0 Å². The third-order valence-electron chi connectivity index (χ3n) is 2.99. The minimum absolute atomic E-state index is 0.183.